The molecule has 1 unspecified atom stereocenters. The van der Waals surface area contributed by atoms with Crippen LogP contribution in [0.5, 0.6) is 0 Å². The van der Waals surface area contributed by atoms with Crippen molar-refractivity contribution < 1.29 is 0 Å². The molecule has 0 radical (unpaired) electrons. The lowest BCUT2D eigenvalue weighted by atomic mass is 9.96. The van der Waals surface area contributed by atoms with E-state index in [2.05, 4.69) is 48.1 Å². The molecule has 0 spiro atoms. The van der Waals surface area contributed by atoms with Gasteiger partial charge in [0.2, 0.25) is 0 Å². The molecule has 2 aromatic heterocycles. The Kier molecular flexibility index (Phi) is 5.91. The Bertz CT molecular complexity index is 869. The summed E-state index contributed by atoms with van der Waals surface area (Å²) in [6.45, 7) is 11.1. The van der Waals surface area contributed by atoms with Crippen molar-refractivity contribution in [1.82, 2.24) is 20.1 Å². The van der Waals surface area contributed by atoms with E-state index in [1.54, 1.807) is 0 Å². The summed E-state index contributed by atoms with van der Waals surface area (Å²) >= 11 is 0. The van der Waals surface area contributed by atoms with E-state index in [0.717, 1.165) is 75.1 Å². The molecule has 0 saturated carbocycles. The van der Waals surface area contributed by atoms with E-state index in [1.807, 2.05) is 26.1 Å². The van der Waals surface area contributed by atoms with E-state index in [9.17, 15) is 5.26 Å². The molecule has 4 heterocycles. The summed E-state index contributed by atoms with van der Waals surface area (Å²) in [5, 5.41) is 18.3. The number of piperidine rings is 1. The summed E-state index contributed by atoms with van der Waals surface area (Å²) in [6.07, 6.45) is 4.23. The fraction of sp³-hybridized carbons (Fsp3) is 0.545. The first-order valence-corrected chi connectivity index (χ1v) is 10.5. The molecule has 2 saturated heterocycles. The smallest absolute Gasteiger partial charge is 0.169 e. The van der Waals surface area contributed by atoms with Crippen LogP contribution >= 0.6 is 0 Å². The fourth-order valence-electron chi connectivity index (χ4n) is 4.42. The van der Waals surface area contributed by atoms with E-state index >= 15 is 0 Å². The largest absolute Gasteiger partial charge is 0.354 e. The highest BCUT2D eigenvalue weighted by Gasteiger charge is 2.27. The van der Waals surface area contributed by atoms with Gasteiger partial charge in [0.05, 0.1) is 5.69 Å². The first-order valence-electron chi connectivity index (χ1n) is 10.5. The van der Waals surface area contributed by atoms with E-state index in [-0.39, 0.29) is 0 Å². The number of anilines is 2. The summed E-state index contributed by atoms with van der Waals surface area (Å²) in [6, 6.07) is 8.46. The zero-order valence-corrected chi connectivity index (χ0v) is 17.4. The number of aryl methyl sites for hydroxylation is 1. The first kappa shape index (κ1) is 19.6. The lowest BCUT2D eigenvalue weighted by Crippen LogP contribution is -2.50. The predicted molar refractivity (Wildman–Crippen MR) is 114 cm³/mol. The number of rotatable bonds is 4. The molecule has 0 amide bonds. The minimum absolute atomic E-state index is 0.597. The van der Waals surface area contributed by atoms with Crippen LogP contribution < -0.4 is 9.80 Å². The fourth-order valence-corrected chi connectivity index (χ4v) is 4.42. The number of nitriles is 1. The average Bonchev–Trinajstić information content (AvgIpc) is 2.77. The van der Waals surface area contributed by atoms with E-state index in [0.29, 0.717) is 11.5 Å². The molecular formula is C22H29N7. The van der Waals surface area contributed by atoms with E-state index in [1.165, 1.54) is 6.42 Å². The van der Waals surface area contributed by atoms with Crippen molar-refractivity contribution in [3.63, 3.8) is 0 Å². The molecule has 152 valence electrons. The van der Waals surface area contributed by atoms with Gasteiger partial charge in [0, 0.05) is 52.0 Å². The molecule has 1 atom stereocenters. The third-order valence-corrected chi connectivity index (χ3v) is 6.23. The van der Waals surface area contributed by atoms with Crippen molar-refractivity contribution >= 4 is 11.6 Å². The van der Waals surface area contributed by atoms with Crippen LogP contribution in [0.1, 0.15) is 29.7 Å². The van der Waals surface area contributed by atoms with Crippen molar-refractivity contribution in [3.8, 4) is 6.07 Å². The molecule has 2 aliphatic rings. The van der Waals surface area contributed by atoms with Crippen LogP contribution in [-0.4, -0.2) is 65.9 Å². The molecule has 7 nitrogen and oxygen atoms in total. The van der Waals surface area contributed by atoms with Crippen LogP contribution in [0.4, 0.5) is 11.6 Å². The zero-order chi connectivity index (χ0) is 20.2. The van der Waals surface area contributed by atoms with Gasteiger partial charge >= 0.3 is 0 Å². The van der Waals surface area contributed by atoms with Crippen molar-refractivity contribution in [3.05, 3.63) is 41.2 Å². The van der Waals surface area contributed by atoms with Crippen molar-refractivity contribution in [2.45, 2.75) is 26.7 Å². The lowest BCUT2D eigenvalue weighted by molar-refractivity contribution is 0.205. The number of nitrogens with zero attached hydrogens (tertiary/aromatic N) is 7. The topological polar surface area (TPSA) is 72.2 Å². The second-order valence-electron chi connectivity index (χ2n) is 8.15. The van der Waals surface area contributed by atoms with Crippen LogP contribution in [0.2, 0.25) is 0 Å². The van der Waals surface area contributed by atoms with E-state index in [4.69, 9.17) is 0 Å². The maximum absolute atomic E-state index is 9.64. The van der Waals surface area contributed by atoms with Crippen LogP contribution in [-0.2, 0) is 0 Å². The van der Waals surface area contributed by atoms with Gasteiger partial charge < -0.3 is 9.80 Å². The third-order valence-electron chi connectivity index (χ3n) is 6.23. The van der Waals surface area contributed by atoms with Gasteiger partial charge in [0.15, 0.2) is 5.82 Å². The van der Waals surface area contributed by atoms with Crippen LogP contribution in [0.15, 0.2) is 24.4 Å². The number of hydrogen-bond acceptors (Lipinski definition) is 7. The minimum atomic E-state index is 0.597. The maximum atomic E-state index is 9.64. The molecule has 2 fully saturated rings. The Morgan fingerprint density at radius 1 is 1.07 bits per heavy atom. The highest BCUT2D eigenvalue weighted by atomic mass is 15.3. The molecule has 29 heavy (non-hydrogen) atoms. The molecule has 0 aliphatic carbocycles. The molecule has 2 aromatic rings. The molecule has 0 aromatic carbocycles. The number of piperazine rings is 1. The maximum Gasteiger partial charge on any atom is 0.169 e. The van der Waals surface area contributed by atoms with Gasteiger partial charge in [-0.3, -0.25) is 4.90 Å². The first-order chi connectivity index (χ1) is 14.2. The highest BCUT2D eigenvalue weighted by Crippen LogP contribution is 2.27. The summed E-state index contributed by atoms with van der Waals surface area (Å²) in [4.78, 5) is 11.7. The number of pyridine rings is 1. The zero-order valence-electron chi connectivity index (χ0n) is 17.4. The van der Waals surface area contributed by atoms with Gasteiger partial charge in [-0.1, -0.05) is 6.07 Å². The second-order valence-corrected chi connectivity index (χ2v) is 8.15. The average molecular weight is 392 g/mol. The summed E-state index contributed by atoms with van der Waals surface area (Å²) < 4.78 is 0. The summed E-state index contributed by atoms with van der Waals surface area (Å²) in [5.41, 5.74) is 2.47. The Hall–Kier alpha value is -2.72. The molecule has 0 bridgehead atoms. The predicted octanol–water partition coefficient (Wildman–Crippen LogP) is 2.40. The van der Waals surface area contributed by atoms with Crippen molar-refractivity contribution in [2.24, 2.45) is 5.92 Å². The monoisotopic (exact) mass is 391 g/mol. The number of aromatic nitrogens is 3. The number of hydrogen-bond donors (Lipinski definition) is 0. The van der Waals surface area contributed by atoms with E-state index < -0.39 is 0 Å². The summed E-state index contributed by atoms with van der Waals surface area (Å²) in [7, 11) is 0. The Morgan fingerprint density at radius 3 is 2.62 bits per heavy atom. The SMILES string of the molecule is Cc1nnc(N2CCCC(CN3CCN(c4ccccn4)CC3)C2)c(C#N)c1C. The van der Waals surface area contributed by atoms with Gasteiger partial charge in [0.1, 0.15) is 17.5 Å². The third kappa shape index (κ3) is 4.33. The normalized spacial score (nSPS) is 20.5. The van der Waals surface area contributed by atoms with Crippen molar-refractivity contribution in [1.29, 1.82) is 5.26 Å². The Morgan fingerprint density at radius 2 is 1.90 bits per heavy atom. The molecular weight excluding hydrogens is 362 g/mol. The standard InChI is InChI=1S/C22H29N7/c1-17-18(2)25-26-22(20(17)14-23)29-9-5-6-19(16-29)15-27-10-12-28(13-11-27)21-7-3-4-8-24-21/h3-4,7-8,19H,5-6,9-13,15-16H2,1-2H3. The van der Waals surface area contributed by atoms with Crippen LogP contribution in [0.25, 0.3) is 0 Å². The van der Waals surface area contributed by atoms with Gasteiger partial charge in [-0.15, -0.1) is 5.10 Å². The molecule has 0 N–H and O–H groups in total. The van der Waals surface area contributed by atoms with Gasteiger partial charge in [-0.05, 0) is 50.3 Å². The minimum Gasteiger partial charge on any atom is -0.354 e. The quantitative estimate of drug-likeness (QED) is 0.792. The second kappa shape index (κ2) is 8.75. The lowest BCUT2D eigenvalue weighted by Gasteiger charge is -2.40. The van der Waals surface area contributed by atoms with Crippen LogP contribution in [0.3, 0.4) is 0 Å². The van der Waals surface area contributed by atoms with Gasteiger partial charge in [-0.25, -0.2) is 4.98 Å². The van der Waals surface area contributed by atoms with Gasteiger partial charge in [-0.2, -0.15) is 10.4 Å². The Labute approximate surface area is 173 Å². The Balaban J connectivity index is 1.36. The summed E-state index contributed by atoms with van der Waals surface area (Å²) in [5.74, 6) is 2.44. The highest BCUT2D eigenvalue weighted by molar-refractivity contribution is 5.57. The van der Waals surface area contributed by atoms with Crippen LogP contribution in [0, 0.1) is 31.1 Å². The molecule has 4 rings (SSSR count). The molecule has 2 aliphatic heterocycles. The van der Waals surface area contributed by atoms with Gasteiger partial charge in [0.25, 0.3) is 0 Å². The van der Waals surface area contributed by atoms with Crippen molar-refractivity contribution in [2.75, 3.05) is 55.6 Å². The molecule has 7 heteroatoms.